The fraction of sp³-hybridized carbons (Fsp3) is 0.368. The molecule has 1 aromatic heterocycles. The highest BCUT2D eigenvalue weighted by atomic mass is 32.2. The molecular formula is C19H21NO7S. The maximum Gasteiger partial charge on any atom is 0.375 e. The number of furan rings is 1. The highest BCUT2D eigenvalue weighted by molar-refractivity contribution is 7.90. The summed E-state index contributed by atoms with van der Waals surface area (Å²) in [4.78, 5) is 26.5. The van der Waals surface area contributed by atoms with Crippen LogP contribution >= 0.6 is 0 Å². The summed E-state index contributed by atoms with van der Waals surface area (Å²) in [6, 6.07) is 9.33. The van der Waals surface area contributed by atoms with Crippen LogP contribution in [0, 0.1) is 0 Å². The summed E-state index contributed by atoms with van der Waals surface area (Å²) < 4.78 is 40.6. The monoisotopic (exact) mass is 407 g/mol. The molecule has 2 aromatic rings. The number of hydrogen-bond donors (Lipinski definition) is 0. The lowest BCUT2D eigenvalue weighted by Gasteiger charge is -2.28. The second-order valence-corrected chi connectivity index (χ2v) is 8.32. The van der Waals surface area contributed by atoms with E-state index in [2.05, 4.69) is 0 Å². The molecule has 1 amide bonds. The number of benzene rings is 1. The van der Waals surface area contributed by atoms with Crippen LogP contribution in [0.2, 0.25) is 0 Å². The second-order valence-electron chi connectivity index (χ2n) is 6.33. The van der Waals surface area contributed by atoms with E-state index in [-0.39, 0.29) is 22.1 Å². The zero-order valence-corrected chi connectivity index (χ0v) is 16.2. The quantitative estimate of drug-likeness (QED) is 0.671. The van der Waals surface area contributed by atoms with E-state index in [9.17, 15) is 18.0 Å². The Bertz CT molecular complexity index is 930. The van der Waals surface area contributed by atoms with Crippen molar-refractivity contribution in [2.45, 2.75) is 23.7 Å². The standard InChI is InChI=1S/C19H21NO7S/c1-14(18(21)20-8-11-25-12-9-20)27-19(22)17-15(7-10-26-17)13-28(23,24)16-5-3-2-4-6-16/h2-7,10,14H,8-9,11-13H2,1H3. The first-order valence-corrected chi connectivity index (χ1v) is 10.5. The Balaban J connectivity index is 1.69. The second kappa shape index (κ2) is 8.57. The molecule has 1 saturated heterocycles. The zero-order chi connectivity index (χ0) is 20.1. The van der Waals surface area contributed by atoms with E-state index < -0.39 is 27.7 Å². The van der Waals surface area contributed by atoms with Crippen LogP contribution < -0.4 is 0 Å². The summed E-state index contributed by atoms with van der Waals surface area (Å²) in [5, 5.41) is 0. The third-order valence-corrected chi connectivity index (χ3v) is 6.02. The molecule has 1 aromatic carbocycles. The number of nitrogens with zero attached hydrogens (tertiary/aromatic N) is 1. The van der Waals surface area contributed by atoms with Gasteiger partial charge in [-0.05, 0) is 25.1 Å². The Labute approximate surface area is 162 Å². The number of sulfone groups is 1. The molecule has 0 spiro atoms. The van der Waals surface area contributed by atoms with Crippen molar-refractivity contribution in [2.75, 3.05) is 26.3 Å². The molecule has 3 rings (SSSR count). The Morgan fingerprint density at radius 3 is 2.50 bits per heavy atom. The van der Waals surface area contributed by atoms with E-state index in [1.165, 1.54) is 31.4 Å². The molecule has 28 heavy (non-hydrogen) atoms. The van der Waals surface area contributed by atoms with Crippen molar-refractivity contribution in [3.63, 3.8) is 0 Å². The normalized spacial score (nSPS) is 15.8. The number of esters is 1. The first kappa shape index (κ1) is 20.1. The highest BCUT2D eigenvalue weighted by Crippen LogP contribution is 2.21. The summed E-state index contributed by atoms with van der Waals surface area (Å²) >= 11 is 0. The smallest absolute Gasteiger partial charge is 0.375 e. The lowest BCUT2D eigenvalue weighted by atomic mass is 10.2. The van der Waals surface area contributed by atoms with Crippen LogP contribution in [0.5, 0.6) is 0 Å². The summed E-state index contributed by atoms with van der Waals surface area (Å²) in [5.74, 6) is -1.84. The van der Waals surface area contributed by atoms with Gasteiger partial charge in [0.05, 0.1) is 30.1 Å². The first-order valence-electron chi connectivity index (χ1n) is 8.80. The van der Waals surface area contributed by atoms with Crippen molar-refractivity contribution in [2.24, 2.45) is 0 Å². The Morgan fingerprint density at radius 2 is 1.82 bits per heavy atom. The van der Waals surface area contributed by atoms with Gasteiger partial charge in [-0.25, -0.2) is 13.2 Å². The van der Waals surface area contributed by atoms with Crippen molar-refractivity contribution in [3.05, 3.63) is 54.0 Å². The van der Waals surface area contributed by atoms with Gasteiger partial charge in [-0.2, -0.15) is 0 Å². The molecule has 2 heterocycles. The van der Waals surface area contributed by atoms with E-state index >= 15 is 0 Å². The van der Waals surface area contributed by atoms with Crippen LogP contribution in [0.4, 0.5) is 0 Å². The van der Waals surface area contributed by atoms with Crippen molar-refractivity contribution in [1.29, 1.82) is 0 Å². The molecule has 0 saturated carbocycles. The van der Waals surface area contributed by atoms with Crippen molar-refractivity contribution in [3.8, 4) is 0 Å². The molecule has 1 aliphatic heterocycles. The molecule has 1 aliphatic rings. The number of ether oxygens (including phenoxy) is 2. The molecule has 0 bridgehead atoms. The SMILES string of the molecule is CC(OC(=O)c1occc1CS(=O)(=O)c1ccccc1)C(=O)N1CCOCC1. The Kier molecular flexibility index (Phi) is 6.15. The topological polar surface area (TPSA) is 103 Å². The van der Waals surface area contributed by atoms with Gasteiger partial charge < -0.3 is 18.8 Å². The van der Waals surface area contributed by atoms with Gasteiger partial charge in [0, 0.05) is 18.7 Å². The van der Waals surface area contributed by atoms with Crippen molar-refractivity contribution in [1.82, 2.24) is 4.90 Å². The third kappa shape index (κ3) is 4.60. The number of morpholine rings is 1. The van der Waals surface area contributed by atoms with E-state index in [4.69, 9.17) is 13.9 Å². The minimum absolute atomic E-state index is 0.145. The van der Waals surface area contributed by atoms with E-state index in [0.717, 1.165) is 0 Å². The molecule has 1 unspecified atom stereocenters. The highest BCUT2D eigenvalue weighted by Gasteiger charge is 2.29. The lowest BCUT2D eigenvalue weighted by Crippen LogP contribution is -2.46. The van der Waals surface area contributed by atoms with Gasteiger partial charge in [0.15, 0.2) is 15.9 Å². The van der Waals surface area contributed by atoms with Crippen molar-refractivity contribution < 1.29 is 31.9 Å². The molecule has 0 radical (unpaired) electrons. The summed E-state index contributed by atoms with van der Waals surface area (Å²) in [6.07, 6.45) is 0.204. The van der Waals surface area contributed by atoms with Gasteiger partial charge in [-0.3, -0.25) is 4.79 Å². The van der Waals surface area contributed by atoms with Gasteiger partial charge in [-0.1, -0.05) is 18.2 Å². The predicted molar refractivity (Wildman–Crippen MR) is 98.3 cm³/mol. The molecule has 9 heteroatoms. The van der Waals surface area contributed by atoms with Crippen LogP contribution in [-0.4, -0.2) is 57.6 Å². The van der Waals surface area contributed by atoms with Crippen LogP contribution in [0.3, 0.4) is 0 Å². The fourth-order valence-electron chi connectivity index (χ4n) is 2.85. The largest absolute Gasteiger partial charge is 0.457 e. The molecule has 0 N–H and O–H groups in total. The molecule has 150 valence electrons. The summed E-state index contributed by atoms with van der Waals surface area (Å²) in [7, 11) is -3.66. The zero-order valence-electron chi connectivity index (χ0n) is 15.4. The van der Waals surface area contributed by atoms with Crippen molar-refractivity contribution >= 4 is 21.7 Å². The predicted octanol–water partition coefficient (Wildman–Crippen LogP) is 1.66. The summed E-state index contributed by atoms with van der Waals surface area (Å²) in [5.41, 5.74) is 0.180. The van der Waals surface area contributed by atoms with Crippen LogP contribution in [-0.2, 0) is 29.9 Å². The van der Waals surface area contributed by atoms with Gasteiger partial charge >= 0.3 is 5.97 Å². The van der Waals surface area contributed by atoms with Crippen LogP contribution in [0.1, 0.15) is 23.0 Å². The van der Waals surface area contributed by atoms with Gasteiger partial charge in [-0.15, -0.1) is 0 Å². The van der Waals surface area contributed by atoms with Crippen LogP contribution in [0.15, 0.2) is 52.0 Å². The van der Waals surface area contributed by atoms with E-state index in [1.54, 1.807) is 23.1 Å². The maximum atomic E-state index is 12.5. The fourth-order valence-corrected chi connectivity index (χ4v) is 4.22. The lowest BCUT2D eigenvalue weighted by molar-refractivity contribution is -0.143. The minimum atomic E-state index is -3.66. The molecule has 1 fully saturated rings. The molecular weight excluding hydrogens is 386 g/mol. The van der Waals surface area contributed by atoms with Gasteiger partial charge in [0.2, 0.25) is 5.76 Å². The maximum absolute atomic E-state index is 12.5. The van der Waals surface area contributed by atoms with Crippen LogP contribution in [0.25, 0.3) is 0 Å². The van der Waals surface area contributed by atoms with E-state index in [0.29, 0.717) is 26.3 Å². The number of carbonyl (C=O) groups excluding carboxylic acids is 2. The third-order valence-electron chi connectivity index (χ3n) is 4.33. The molecule has 0 aliphatic carbocycles. The number of rotatable bonds is 6. The molecule has 8 nitrogen and oxygen atoms in total. The van der Waals surface area contributed by atoms with E-state index in [1.807, 2.05) is 0 Å². The Morgan fingerprint density at radius 1 is 1.14 bits per heavy atom. The Hall–Kier alpha value is -2.65. The average molecular weight is 407 g/mol. The molecule has 1 atom stereocenters. The van der Waals surface area contributed by atoms with Gasteiger partial charge in [0.25, 0.3) is 5.91 Å². The number of hydrogen-bond acceptors (Lipinski definition) is 7. The summed E-state index contributed by atoms with van der Waals surface area (Å²) in [6.45, 7) is 3.21. The average Bonchev–Trinajstić information content (AvgIpc) is 3.16. The van der Waals surface area contributed by atoms with Gasteiger partial charge in [0.1, 0.15) is 0 Å². The number of amides is 1. The number of carbonyl (C=O) groups is 2. The minimum Gasteiger partial charge on any atom is -0.457 e. The first-order chi connectivity index (χ1) is 13.4.